The van der Waals surface area contributed by atoms with Gasteiger partial charge in [-0.1, -0.05) is 25.6 Å². The molecule has 0 bridgehead atoms. The molecule has 84 valence electrons. The van der Waals surface area contributed by atoms with Crippen molar-refractivity contribution in [2.75, 3.05) is 5.73 Å². The Balaban J connectivity index is 2.11. The van der Waals surface area contributed by atoms with Gasteiger partial charge in [-0.15, -0.1) is 0 Å². The van der Waals surface area contributed by atoms with Crippen molar-refractivity contribution in [3.8, 4) is 0 Å². The Bertz CT molecular complexity index is 462. The summed E-state index contributed by atoms with van der Waals surface area (Å²) in [6, 6.07) is 7.78. The first-order chi connectivity index (χ1) is 7.65. The van der Waals surface area contributed by atoms with Crippen LogP contribution in [-0.2, 0) is 0 Å². The van der Waals surface area contributed by atoms with Crippen molar-refractivity contribution in [3.05, 3.63) is 30.1 Å². The third kappa shape index (κ3) is 2.74. The van der Waals surface area contributed by atoms with E-state index in [0.29, 0.717) is 5.92 Å². The van der Waals surface area contributed by atoms with Crippen LogP contribution >= 0.6 is 23.3 Å². The van der Waals surface area contributed by atoms with Crippen LogP contribution in [0.25, 0.3) is 0 Å². The number of hydrogen-bond acceptors (Lipinski definition) is 5. The predicted octanol–water partition coefficient (Wildman–Crippen LogP) is 3.39. The Labute approximate surface area is 103 Å². The molecule has 0 atom stereocenters. The highest BCUT2D eigenvalue weighted by Gasteiger charge is 2.08. The molecule has 0 fully saturated rings. The topological polar surface area (TPSA) is 51.8 Å². The minimum atomic E-state index is 0.386. The first kappa shape index (κ1) is 11.4. The number of nitrogens with two attached hydrogens (primary N) is 1. The molecule has 0 radical (unpaired) electrons. The summed E-state index contributed by atoms with van der Waals surface area (Å²) in [5.41, 5.74) is 6.41. The number of benzene rings is 1. The summed E-state index contributed by atoms with van der Waals surface area (Å²) < 4.78 is 5.29. The maximum Gasteiger partial charge on any atom is 0.174 e. The van der Waals surface area contributed by atoms with Crippen molar-refractivity contribution in [2.24, 2.45) is 0 Å². The molecule has 0 saturated heterocycles. The number of rotatable bonds is 3. The fourth-order valence-corrected chi connectivity index (χ4v) is 2.85. The van der Waals surface area contributed by atoms with E-state index in [0.717, 1.165) is 20.7 Å². The largest absolute Gasteiger partial charge is 0.399 e. The van der Waals surface area contributed by atoms with Gasteiger partial charge in [0, 0.05) is 16.5 Å². The van der Waals surface area contributed by atoms with E-state index in [1.807, 2.05) is 24.3 Å². The fourth-order valence-electron chi connectivity index (χ4n) is 1.13. The molecule has 16 heavy (non-hydrogen) atoms. The second-order valence-corrected chi connectivity index (χ2v) is 5.82. The molecule has 1 aromatic heterocycles. The maximum atomic E-state index is 5.63. The van der Waals surface area contributed by atoms with Gasteiger partial charge in [-0.3, -0.25) is 0 Å². The SMILES string of the molecule is CC(C)c1nsc(Sc2ccc(N)cc2)n1. The molecule has 1 heterocycles. The smallest absolute Gasteiger partial charge is 0.174 e. The van der Waals surface area contributed by atoms with E-state index in [1.165, 1.54) is 11.5 Å². The van der Waals surface area contributed by atoms with Crippen molar-refractivity contribution in [3.63, 3.8) is 0 Å². The lowest BCUT2D eigenvalue weighted by atomic mass is 10.2. The van der Waals surface area contributed by atoms with Crippen LogP contribution in [0.4, 0.5) is 5.69 Å². The molecule has 0 aliphatic carbocycles. The minimum Gasteiger partial charge on any atom is -0.399 e. The normalized spacial score (nSPS) is 10.9. The molecule has 0 saturated carbocycles. The van der Waals surface area contributed by atoms with Crippen LogP contribution in [0.15, 0.2) is 33.5 Å². The Hall–Kier alpha value is -1.07. The average molecular weight is 251 g/mol. The summed E-state index contributed by atoms with van der Waals surface area (Å²) in [5, 5.41) is 0. The lowest BCUT2D eigenvalue weighted by Crippen LogP contribution is -1.88. The zero-order chi connectivity index (χ0) is 11.5. The van der Waals surface area contributed by atoms with Gasteiger partial charge in [0.1, 0.15) is 5.82 Å². The van der Waals surface area contributed by atoms with Crippen LogP contribution in [0, 0.1) is 0 Å². The molecule has 5 heteroatoms. The molecule has 1 aromatic carbocycles. The molecular formula is C11H13N3S2. The third-order valence-corrected chi connectivity index (χ3v) is 3.80. The second kappa shape index (κ2) is 4.84. The highest BCUT2D eigenvalue weighted by molar-refractivity contribution is 8.01. The number of nitrogen functional groups attached to an aromatic ring is 1. The van der Waals surface area contributed by atoms with Crippen LogP contribution in [0.2, 0.25) is 0 Å². The van der Waals surface area contributed by atoms with Gasteiger partial charge in [-0.2, -0.15) is 4.37 Å². The van der Waals surface area contributed by atoms with Crippen LogP contribution in [0.5, 0.6) is 0 Å². The Kier molecular flexibility index (Phi) is 3.46. The van der Waals surface area contributed by atoms with Crippen molar-refractivity contribution in [1.29, 1.82) is 0 Å². The van der Waals surface area contributed by atoms with Crippen LogP contribution < -0.4 is 5.73 Å². The van der Waals surface area contributed by atoms with E-state index in [9.17, 15) is 0 Å². The molecule has 0 unspecified atom stereocenters. The van der Waals surface area contributed by atoms with Crippen molar-refractivity contribution >= 4 is 29.0 Å². The number of anilines is 1. The monoisotopic (exact) mass is 251 g/mol. The van der Waals surface area contributed by atoms with Gasteiger partial charge in [0.2, 0.25) is 0 Å². The molecule has 2 aromatic rings. The molecule has 2 rings (SSSR count). The average Bonchev–Trinajstić information content (AvgIpc) is 2.70. The first-order valence-electron chi connectivity index (χ1n) is 5.02. The maximum absolute atomic E-state index is 5.63. The lowest BCUT2D eigenvalue weighted by Gasteiger charge is -1.98. The second-order valence-electron chi connectivity index (χ2n) is 3.74. The molecule has 0 amide bonds. The lowest BCUT2D eigenvalue weighted by molar-refractivity contribution is 0.789. The van der Waals surface area contributed by atoms with Crippen LogP contribution in [-0.4, -0.2) is 9.36 Å². The standard InChI is InChI=1S/C11H13N3S2/c1-7(2)10-13-11(16-14-10)15-9-5-3-8(12)4-6-9/h3-7H,12H2,1-2H3. The summed E-state index contributed by atoms with van der Waals surface area (Å²) in [6.07, 6.45) is 0. The highest BCUT2D eigenvalue weighted by Crippen LogP contribution is 2.30. The summed E-state index contributed by atoms with van der Waals surface area (Å²) in [4.78, 5) is 5.61. The Morgan fingerprint density at radius 1 is 1.25 bits per heavy atom. The number of hydrogen-bond donors (Lipinski definition) is 1. The Morgan fingerprint density at radius 2 is 1.94 bits per heavy atom. The van der Waals surface area contributed by atoms with Crippen molar-refractivity contribution in [2.45, 2.75) is 29.0 Å². The van der Waals surface area contributed by atoms with E-state index in [4.69, 9.17) is 5.73 Å². The summed E-state index contributed by atoms with van der Waals surface area (Å²) in [6.45, 7) is 4.19. The molecule has 0 aliphatic rings. The van der Waals surface area contributed by atoms with Crippen LogP contribution in [0.3, 0.4) is 0 Å². The van der Waals surface area contributed by atoms with Crippen LogP contribution in [0.1, 0.15) is 25.6 Å². The summed E-state index contributed by atoms with van der Waals surface area (Å²) in [5.74, 6) is 1.31. The fraction of sp³-hybridized carbons (Fsp3) is 0.273. The zero-order valence-electron chi connectivity index (χ0n) is 9.18. The Morgan fingerprint density at radius 3 is 2.50 bits per heavy atom. The molecular weight excluding hydrogens is 238 g/mol. The zero-order valence-corrected chi connectivity index (χ0v) is 10.8. The van der Waals surface area contributed by atoms with E-state index in [-0.39, 0.29) is 0 Å². The summed E-state index contributed by atoms with van der Waals surface area (Å²) >= 11 is 3.07. The molecule has 0 spiro atoms. The van der Waals surface area contributed by atoms with Gasteiger partial charge in [0.05, 0.1) is 0 Å². The van der Waals surface area contributed by atoms with E-state index >= 15 is 0 Å². The van der Waals surface area contributed by atoms with Gasteiger partial charge in [-0.05, 0) is 35.8 Å². The number of nitrogens with zero attached hydrogens (tertiary/aromatic N) is 2. The van der Waals surface area contributed by atoms with Crippen molar-refractivity contribution in [1.82, 2.24) is 9.36 Å². The van der Waals surface area contributed by atoms with Gasteiger partial charge in [0.25, 0.3) is 0 Å². The molecule has 3 nitrogen and oxygen atoms in total. The van der Waals surface area contributed by atoms with Gasteiger partial charge < -0.3 is 5.73 Å². The third-order valence-electron chi connectivity index (χ3n) is 2.02. The first-order valence-corrected chi connectivity index (χ1v) is 6.61. The van der Waals surface area contributed by atoms with E-state index in [2.05, 4.69) is 23.2 Å². The van der Waals surface area contributed by atoms with E-state index in [1.54, 1.807) is 11.8 Å². The highest BCUT2D eigenvalue weighted by atomic mass is 32.2. The van der Waals surface area contributed by atoms with Gasteiger partial charge in [-0.25, -0.2) is 4.98 Å². The quantitative estimate of drug-likeness (QED) is 0.849. The minimum absolute atomic E-state index is 0.386. The predicted molar refractivity (Wildman–Crippen MR) is 69.0 cm³/mol. The molecule has 0 aliphatic heterocycles. The molecule has 2 N–H and O–H groups in total. The van der Waals surface area contributed by atoms with Crippen molar-refractivity contribution < 1.29 is 0 Å². The van der Waals surface area contributed by atoms with Gasteiger partial charge in [0.15, 0.2) is 4.34 Å². The van der Waals surface area contributed by atoms with E-state index < -0.39 is 0 Å². The summed E-state index contributed by atoms with van der Waals surface area (Å²) in [7, 11) is 0. The number of aromatic nitrogens is 2. The van der Waals surface area contributed by atoms with Gasteiger partial charge >= 0.3 is 0 Å².